The molecule has 0 radical (unpaired) electrons. The van der Waals surface area contributed by atoms with Crippen molar-refractivity contribution >= 4 is 5.69 Å². The number of methoxy groups -OCH3 is 1. The van der Waals surface area contributed by atoms with Crippen LogP contribution in [0.4, 0.5) is 10.1 Å². The molecule has 0 aromatic heterocycles. The molecule has 2 aromatic carbocycles. The van der Waals surface area contributed by atoms with Crippen molar-refractivity contribution in [3.05, 3.63) is 58.9 Å². The minimum atomic E-state index is -0.233. The molecule has 0 aliphatic carbocycles. The number of aryl methyl sites for hydroxylation is 2. The number of rotatable bonds is 4. The lowest BCUT2D eigenvalue weighted by molar-refractivity contribution is 0.407. The summed E-state index contributed by atoms with van der Waals surface area (Å²) < 4.78 is 19.3. The summed E-state index contributed by atoms with van der Waals surface area (Å²) in [5.41, 5.74) is 3.57. The fraction of sp³-hybridized carbons (Fsp3) is 0.294. The molecule has 2 nitrogen and oxygen atoms in total. The van der Waals surface area contributed by atoms with Crippen molar-refractivity contribution in [1.82, 2.24) is 0 Å². The van der Waals surface area contributed by atoms with E-state index in [1.54, 1.807) is 13.2 Å². The van der Waals surface area contributed by atoms with Crippen LogP contribution in [0.25, 0.3) is 0 Å². The van der Waals surface area contributed by atoms with Gasteiger partial charge >= 0.3 is 0 Å². The van der Waals surface area contributed by atoms with Crippen LogP contribution < -0.4 is 10.1 Å². The van der Waals surface area contributed by atoms with Crippen LogP contribution in [0.1, 0.15) is 29.7 Å². The van der Waals surface area contributed by atoms with Crippen molar-refractivity contribution in [2.75, 3.05) is 12.4 Å². The van der Waals surface area contributed by atoms with Gasteiger partial charge in [-0.3, -0.25) is 0 Å². The van der Waals surface area contributed by atoms with Gasteiger partial charge in [-0.05, 0) is 50.1 Å². The van der Waals surface area contributed by atoms with Crippen LogP contribution in [0, 0.1) is 19.7 Å². The largest absolute Gasteiger partial charge is 0.496 e. The van der Waals surface area contributed by atoms with Crippen molar-refractivity contribution < 1.29 is 9.13 Å². The molecule has 1 N–H and O–H groups in total. The molecular weight excluding hydrogens is 253 g/mol. The van der Waals surface area contributed by atoms with Crippen LogP contribution in [0.2, 0.25) is 0 Å². The Morgan fingerprint density at radius 2 is 1.70 bits per heavy atom. The van der Waals surface area contributed by atoms with E-state index < -0.39 is 0 Å². The summed E-state index contributed by atoms with van der Waals surface area (Å²) in [5, 5.41) is 3.19. The predicted molar refractivity (Wildman–Crippen MR) is 80.9 cm³/mol. The molecule has 0 bridgehead atoms. The number of hydrogen-bond acceptors (Lipinski definition) is 2. The fourth-order valence-electron chi connectivity index (χ4n) is 2.22. The van der Waals surface area contributed by atoms with Crippen molar-refractivity contribution in [2.45, 2.75) is 26.8 Å². The highest BCUT2D eigenvalue weighted by atomic mass is 19.1. The third kappa shape index (κ3) is 3.10. The summed E-state index contributed by atoms with van der Waals surface area (Å²) in [6.07, 6.45) is 0. The van der Waals surface area contributed by atoms with Crippen molar-refractivity contribution in [1.29, 1.82) is 0 Å². The fourth-order valence-corrected chi connectivity index (χ4v) is 2.22. The molecule has 0 amide bonds. The zero-order valence-corrected chi connectivity index (χ0v) is 12.3. The maximum absolute atomic E-state index is 13.9. The van der Waals surface area contributed by atoms with Gasteiger partial charge < -0.3 is 10.1 Å². The first-order valence-corrected chi connectivity index (χ1v) is 6.68. The van der Waals surface area contributed by atoms with Gasteiger partial charge in [0.1, 0.15) is 11.6 Å². The highest BCUT2D eigenvalue weighted by Crippen LogP contribution is 2.29. The van der Waals surface area contributed by atoms with Crippen LogP contribution >= 0.6 is 0 Å². The van der Waals surface area contributed by atoms with Gasteiger partial charge in [-0.1, -0.05) is 18.2 Å². The first-order valence-electron chi connectivity index (χ1n) is 6.68. The van der Waals surface area contributed by atoms with Gasteiger partial charge in [0, 0.05) is 5.56 Å². The molecule has 0 heterocycles. The van der Waals surface area contributed by atoms with Gasteiger partial charge in [-0.15, -0.1) is 0 Å². The second kappa shape index (κ2) is 5.95. The quantitative estimate of drug-likeness (QED) is 0.877. The second-order valence-corrected chi connectivity index (χ2v) is 5.09. The minimum Gasteiger partial charge on any atom is -0.496 e. The van der Waals surface area contributed by atoms with E-state index in [0.717, 1.165) is 22.4 Å². The monoisotopic (exact) mass is 273 g/mol. The van der Waals surface area contributed by atoms with E-state index >= 15 is 0 Å². The maximum Gasteiger partial charge on any atom is 0.146 e. The summed E-state index contributed by atoms with van der Waals surface area (Å²) in [6.45, 7) is 5.88. The van der Waals surface area contributed by atoms with Crippen LogP contribution in [-0.2, 0) is 0 Å². The van der Waals surface area contributed by atoms with Crippen LogP contribution in [0.5, 0.6) is 5.75 Å². The molecule has 20 heavy (non-hydrogen) atoms. The van der Waals surface area contributed by atoms with Gasteiger partial charge in [0.2, 0.25) is 0 Å². The van der Waals surface area contributed by atoms with Crippen molar-refractivity contribution in [3.8, 4) is 5.75 Å². The molecule has 0 fully saturated rings. The lowest BCUT2D eigenvalue weighted by Crippen LogP contribution is -2.09. The standard InChI is InChI=1S/C17H20FNO/c1-11-6-8-16(15(18)9-11)19-13(3)14-7-5-12(2)10-17(14)20-4/h5-10,13,19H,1-4H3. The summed E-state index contributed by atoms with van der Waals surface area (Å²) in [5.74, 6) is 0.584. The van der Waals surface area contributed by atoms with Crippen LogP contribution in [0.15, 0.2) is 36.4 Å². The van der Waals surface area contributed by atoms with E-state index in [1.807, 2.05) is 45.0 Å². The second-order valence-electron chi connectivity index (χ2n) is 5.09. The summed E-state index contributed by atoms with van der Waals surface area (Å²) in [7, 11) is 1.65. The van der Waals surface area contributed by atoms with Gasteiger partial charge in [0.15, 0.2) is 0 Å². The Labute approximate surface area is 119 Å². The molecule has 0 saturated carbocycles. The Hall–Kier alpha value is -2.03. The third-order valence-electron chi connectivity index (χ3n) is 3.35. The van der Waals surface area contributed by atoms with E-state index in [2.05, 4.69) is 5.32 Å². The van der Waals surface area contributed by atoms with E-state index in [0.29, 0.717) is 5.69 Å². The van der Waals surface area contributed by atoms with Gasteiger partial charge in [0.25, 0.3) is 0 Å². The smallest absolute Gasteiger partial charge is 0.146 e. The number of ether oxygens (including phenoxy) is 1. The number of nitrogens with one attached hydrogen (secondary N) is 1. The molecule has 2 rings (SSSR count). The maximum atomic E-state index is 13.9. The SMILES string of the molecule is COc1cc(C)ccc1C(C)Nc1ccc(C)cc1F. The highest BCUT2D eigenvalue weighted by Gasteiger charge is 2.13. The van der Waals surface area contributed by atoms with Gasteiger partial charge in [-0.2, -0.15) is 0 Å². The Morgan fingerprint density at radius 1 is 1.05 bits per heavy atom. The molecule has 0 aliphatic rings. The molecule has 0 aliphatic heterocycles. The van der Waals surface area contributed by atoms with E-state index in [4.69, 9.17) is 4.74 Å². The number of hydrogen-bond donors (Lipinski definition) is 1. The molecule has 3 heteroatoms. The number of benzene rings is 2. The van der Waals surface area contributed by atoms with Crippen LogP contribution in [0.3, 0.4) is 0 Å². The van der Waals surface area contributed by atoms with E-state index in [1.165, 1.54) is 6.07 Å². The average Bonchev–Trinajstić information content (AvgIpc) is 2.41. The van der Waals surface area contributed by atoms with Crippen molar-refractivity contribution in [2.24, 2.45) is 0 Å². The molecular formula is C17H20FNO. The Morgan fingerprint density at radius 3 is 2.35 bits per heavy atom. The highest BCUT2D eigenvalue weighted by molar-refractivity contribution is 5.50. The molecule has 0 spiro atoms. The Balaban J connectivity index is 2.25. The first kappa shape index (κ1) is 14.4. The predicted octanol–water partition coefficient (Wildman–Crippen LogP) is 4.62. The summed E-state index contributed by atoms with van der Waals surface area (Å²) in [6, 6.07) is 11.2. The minimum absolute atomic E-state index is 0.0391. The Bertz CT molecular complexity index is 610. The Kier molecular flexibility index (Phi) is 4.28. The molecule has 106 valence electrons. The average molecular weight is 273 g/mol. The zero-order valence-electron chi connectivity index (χ0n) is 12.3. The first-order chi connectivity index (χ1) is 9.51. The number of anilines is 1. The lowest BCUT2D eigenvalue weighted by atomic mass is 10.0. The van der Waals surface area contributed by atoms with E-state index in [9.17, 15) is 4.39 Å². The normalized spacial score (nSPS) is 12.1. The zero-order chi connectivity index (χ0) is 14.7. The summed E-state index contributed by atoms with van der Waals surface area (Å²) in [4.78, 5) is 0. The van der Waals surface area contributed by atoms with Crippen LogP contribution in [-0.4, -0.2) is 7.11 Å². The third-order valence-corrected chi connectivity index (χ3v) is 3.35. The topological polar surface area (TPSA) is 21.3 Å². The molecule has 1 unspecified atom stereocenters. The van der Waals surface area contributed by atoms with Gasteiger partial charge in [-0.25, -0.2) is 4.39 Å². The van der Waals surface area contributed by atoms with Gasteiger partial charge in [0.05, 0.1) is 18.8 Å². The summed E-state index contributed by atoms with van der Waals surface area (Å²) >= 11 is 0. The molecule has 1 atom stereocenters. The van der Waals surface area contributed by atoms with E-state index in [-0.39, 0.29) is 11.9 Å². The lowest BCUT2D eigenvalue weighted by Gasteiger charge is -2.19. The van der Waals surface area contributed by atoms with Crippen molar-refractivity contribution in [3.63, 3.8) is 0 Å². The number of halogens is 1. The molecule has 2 aromatic rings. The molecule has 0 saturated heterocycles.